The molecule has 154 valence electrons. The second-order valence-corrected chi connectivity index (χ2v) is 7.85. The fraction of sp³-hybridized carbons (Fsp3) is 0.350. The van der Waals surface area contributed by atoms with E-state index in [0.29, 0.717) is 30.6 Å². The highest BCUT2D eigenvalue weighted by atomic mass is 35.5. The Balaban J connectivity index is 1.43. The van der Waals surface area contributed by atoms with Gasteiger partial charge in [-0.25, -0.2) is 4.79 Å². The zero-order valence-corrected chi connectivity index (χ0v) is 17.7. The molecular weight excluding hydrogens is 412 g/mol. The number of rotatable bonds is 10. The maximum absolute atomic E-state index is 12.5. The highest BCUT2D eigenvalue weighted by molar-refractivity contribution is 7.98. The van der Waals surface area contributed by atoms with Crippen molar-refractivity contribution >= 4 is 29.4 Å². The largest absolute Gasteiger partial charge is 0.459 e. The molecule has 0 atom stereocenters. The van der Waals surface area contributed by atoms with Crippen LogP contribution >= 0.6 is 23.4 Å². The van der Waals surface area contributed by atoms with Crippen molar-refractivity contribution < 1.29 is 13.6 Å². The Morgan fingerprint density at radius 3 is 2.79 bits per heavy atom. The van der Waals surface area contributed by atoms with Crippen molar-refractivity contribution in [1.82, 2.24) is 20.4 Å². The van der Waals surface area contributed by atoms with Gasteiger partial charge in [0, 0.05) is 29.6 Å². The Morgan fingerprint density at radius 1 is 1.24 bits per heavy atom. The van der Waals surface area contributed by atoms with Crippen molar-refractivity contribution in [1.29, 1.82) is 0 Å². The molecule has 0 radical (unpaired) electrons. The molecule has 0 saturated heterocycles. The summed E-state index contributed by atoms with van der Waals surface area (Å²) in [6, 6.07) is 11.2. The molecule has 9 heteroatoms. The molecule has 2 aromatic heterocycles. The lowest BCUT2D eigenvalue weighted by Gasteiger charge is -2.20. The molecule has 0 unspecified atom stereocenters. The Bertz CT molecular complexity index is 884. The van der Waals surface area contributed by atoms with Crippen LogP contribution in [0, 0.1) is 0 Å². The van der Waals surface area contributed by atoms with Gasteiger partial charge in [-0.3, -0.25) is 0 Å². The number of nitrogens with one attached hydrogen (secondary N) is 1. The smallest absolute Gasteiger partial charge is 0.317 e. The van der Waals surface area contributed by atoms with E-state index in [1.807, 2.05) is 31.2 Å². The highest BCUT2D eigenvalue weighted by Crippen LogP contribution is 2.19. The molecule has 0 bridgehead atoms. The fourth-order valence-electron chi connectivity index (χ4n) is 2.62. The molecule has 2 heterocycles. The fourth-order valence-corrected chi connectivity index (χ4v) is 3.56. The average Bonchev–Trinajstić information content (AvgIpc) is 3.40. The van der Waals surface area contributed by atoms with Crippen LogP contribution in [-0.2, 0) is 12.3 Å². The Hall–Kier alpha value is -2.45. The van der Waals surface area contributed by atoms with Crippen LogP contribution in [-0.4, -0.2) is 40.0 Å². The molecule has 0 fully saturated rings. The van der Waals surface area contributed by atoms with Crippen LogP contribution in [0.1, 0.15) is 24.8 Å². The number of furan rings is 1. The Labute approximate surface area is 178 Å². The molecule has 7 nitrogen and oxygen atoms in total. The summed E-state index contributed by atoms with van der Waals surface area (Å²) >= 11 is 7.65. The lowest BCUT2D eigenvalue weighted by Crippen LogP contribution is -2.40. The molecule has 3 rings (SSSR count). The van der Waals surface area contributed by atoms with Gasteiger partial charge in [0.05, 0.1) is 6.26 Å². The predicted molar refractivity (Wildman–Crippen MR) is 114 cm³/mol. The minimum absolute atomic E-state index is 0.142. The zero-order valence-electron chi connectivity index (χ0n) is 16.1. The number of benzene rings is 1. The molecule has 1 aromatic carbocycles. The van der Waals surface area contributed by atoms with E-state index in [1.165, 1.54) is 5.56 Å². The number of carbonyl (C=O) groups is 1. The van der Waals surface area contributed by atoms with E-state index in [2.05, 4.69) is 15.5 Å². The third-order valence-corrected chi connectivity index (χ3v) is 5.29. The summed E-state index contributed by atoms with van der Waals surface area (Å²) in [7, 11) is 0. The van der Waals surface area contributed by atoms with E-state index in [4.69, 9.17) is 20.4 Å². The van der Waals surface area contributed by atoms with Crippen LogP contribution in [0.3, 0.4) is 0 Å². The first kappa shape index (κ1) is 21.3. The van der Waals surface area contributed by atoms with E-state index in [0.717, 1.165) is 22.9 Å². The molecule has 2 amide bonds. The number of hydrogen-bond acceptors (Lipinski definition) is 6. The van der Waals surface area contributed by atoms with Crippen LogP contribution < -0.4 is 5.32 Å². The molecule has 3 aromatic rings. The van der Waals surface area contributed by atoms with E-state index in [1.54, 1.807) is 35.1 Å². The molecule has 0 saturated carbocycles. The van der Waals surface area contributed by atoms with Gasteiger partial charge >= 0.3 is 6.03 Å². The summed E-state index contributed by atoms with van der Waals surface area (Å²) < 4.78 is 10.9. The highest BCUT2D eigenvalue weighted by Gasteiger charge is 2.17. The number of amides is 2. The minimum Gasteiger partial charge on any atom is -0.459 e. The van der Waals surface area contributed by atoms with Gasteiger partial charge in [0.1, 0.15) is 6.54 Å². The molecule has 0 spiro atoms. The maximum Gasteiger partial charge on any atom is 0.317 e. The summed E-state index contributed by atoms with van der Waals surface area (Å²) in [5.74, 6) is 2.88. The van der Waals surface area contributed by atoms with Crippen LogP contribution in [0.5, 0.6) is 0 Å². The number of nitrogens with zero attached hydrogens (tertiary/aromatic N) is 3. The molecule has 1 N–H and O–H groups in total. The minimum atomic E-state index is -0.142. The van der Waals surface area contributed by atoms with Crippen molar-refractivity contribution in [3.05, 3.63) is 59.1 Å². The quantitative estimate of drug-likeness (QED) is 0.459. The molecule has 0 aliphatic heterocycles. The second kappa shape index (κ2) is 10.9. The lowest BCUT2D eigenvalue weighted by molar-refractivity contribution is 0.190. The number of thioether (sulfide) groups is 1. The Kier molecular flexibility index (Phi) is 8.01. The third-order valence-electron chi connectivity index (χ3n) is 4.01. The van der Waals surface area contributed by atoms with Gasteiger partial charge in [-0.05, 0) is 36.2 Å². The number of carbonyl (C=O) groups excluding carboxylic acids is 1. The standard InChI is InChI=1S/C20H23ClN4O3S/c1-2-10-25(13-18-23-24-19(28-18)17-4-3-11-27-17)20(26)22-9-12-29-14-15-5-7-16(21)8-6-15/h3-8,11H,2,9-10,12-14H2,1H3,(H,22,26). The van der Waals surface area contributed by atoms with Crippen LogP contribution in [0.4, 0.5) is 4.79 Å². The third kappa shape index (κ3) is 6.54. The van der Waals surface area contributed by atoms with Gasteiger partial charge in [-0.2, -0.15) is 11.8 Å². The summed E-state index contributed by atoms with van der Waals surface area (Å²) in [6.07, 6.45) is 2.37. The SMILES string of the molecule is CCCN(Cc1nnc(-c2ccco2)o1)C(=O)NCCSCc1ccc(Cl)cc1. The maximum atomic E-state index is 12.5. The predicted octanol–water partition coefficient (Wildman–Crippen LogP) is 4.84. The second-order valence-electron chi connectivity index (χ2n) is 6.31. The molecular formula is C20H23ClN4O3S. The van der Waals surface area contributed by atoms with Crippen LogP contribution in [0.25, 0.3) is 11.7 Å². The van der Waals surface area contributed by atoms with Gasteiger partial charge in [0.2, 0.25) is 5.89 Å². The number of hydrogen-bond donors (Lipinski definition) is 1. The molecule has 29 heavy (non-hydrogen) atoms. The first-order valence-electron chi connectivity index (χ1n) is 9.37. The van der Waals surface area contributed by atoms with Crippen molar-refractivity contribution in [2.75, 3.05) is 18.8 Å². The van der Waals surface area contributed by atoms with Gasteiger partial charge < -0.3 is 19.1 Å². The summed E-state index contributed by atoms with van der Waals surface area (Å²) in [4.78, 5) is 14.2. The van der Waals surface area contributed by atoms with E-state index >= 15 is 0 Å². The lowest BCUT2D eigenvalue weighted by atomic mass is 10.2. The first-order chi connectivity index (χ1) is 14.2. The van der Waals surface area contributed by atoms with Crippen molar-refractivity contribution in [2.24, 2.45) is 0 Å². The zero-order chi connectivity index (χ0) is 20.5. The van der Waals surface area contributed by atoms with Gasteiger partial charge in [-0.15, -0.1) is 10.2 Å². The molecule has 0 aliphatic rings. The summed E-state index contributed by atoms with van der Waals surface area (Å²) in [5.41, 5.74) is 1.21. The van der Waals surface area contributed by atoms with Crippen molar-refractivity contribution in [2.45, 2.75) is 25.6 Å². The van der Waals surface area contributed by atoms with Crippen LogP contribution in [0.2, 0.25) is 5.02 Å². The van der Waals surface area contributed by atoms with Gasteiger partial charge in [0.15, 0.2) is 5.76 Å². The van der Waals surface area contributed by atoms with Gasteiger partial charge in [-0.1, -0.05) is 30.7 Å². The number of halogens is 1. The Morgan fingerprint density at radius 2 is 2.07 bits per heavy atom. The normalized spacial score (nSPS) is 10.8. The van der Waals surface area contributed by atoms with Crippen LogP contribution in [0.15, 0.2) is 51.5 Å². The monoisotopic (exact) mass is 434 g/mol. The molecule has 0 aliphatic carbocycles. The summed E-state index contributed by atoms with van der Waals surface area (Å²) in [5, 5.41) is 11.7. The van der Waals surface area contributed by atoms with Gasteiger partial charge in [0.25, 0.3) is 5.89 Å². The van der Waals surface area contributed by atoms with Crippen molar-refractivity contribution in [3.8, 4) is 11.7 Å². The van der Waals surface area contributed by atoms with E-state index in [9.17, 15) is 4.79 Å². The topological polar surface area (TPSA) is 84.4 Å². The van der Waals surface area contributed by atoms with E-state index < -0.39 is 0 Å². The van der Waals surface area contributed by atoms with E-state index in [-0.39, 0.29) is 12.6 Å². The first-order valence-corrected chi connectivity index (χ1v) is 10.9. The average molecular weight is 435 g/mol. The summed E-state index contributed by atoms with van der Waals surface area (Å²) in [6.45, 7) is 3.45. The number of urea groups is 1. The number of aromatic nitrogens is 2. The van der Waals surface area contributed by atoms with Crippen molar-refractivity contribution in [3.63, 3.8) is 0 Å².